The Bertz CT molecular complexity index is 337. The van der Waals surface area contributed by atoms with Crippen LogP contribution in [-0.4, -0.2) is 60.6 Å². The summed E-state index contributed by atoms with van der Waals surface area (Å²) in [5.74, 6) is -0.0464. The molecule has 0 radical (unpaired) electrons. The van der Waals surface area contributed by atoms with Gasteiger partial charge in [-0.05, 0) is 25.9 Å². The molecule has 1 unspecified atom stereocenters. The van der Waals surface area contributed by atoms with Crippen molar-refractivity contribution in [3.8, 4) is 0 Å². The van der Waals surface area contributed by atoms with Gasteiger partial charge in [0, 0.05) is 19.5 Å². The number of carbonyl (C=O) groups is 1. The molecular formula is C12H19N3O2. The predicted octanol–water partition coefficient (Wildman–Crippen LogP) is 0.459. The smallest absolute Gasteiger partial charge is 0.295 e. The van der Waals surface area contributed by atoms with Crippen LogP contribution < -0.4 is 0 Å². The lowest BCUT2D eigenvalue weighted by molar-refractivity contribution is -0.118. The maximum Gasteiger partial charge on any atom is 0.295 e. The summed E-state index contributed by atoms with van der Waals surface area (Å²) in [6.45, 7) is 5.01. The quantitative estimate of drug-likeness (QED) is 0.700. The lowest BCUT2D eigenvalue weighted by Gasteiger charge is -2.28. The van der Waals surface area contributed by atoms with E-state index in [-0.39, 0.29) is 12.0 Å². The minimum Gasteiger partial charge on any atom is -0.458 e. The number of piperidine rings is 1. The summed E-state index contributed by atoms with van der Waals surface area (Å²) in [6.07, 6.45) is 4.68. The van der Waals surface area contributed by atoms with Crippen LogP contribution in [0.3, 0.4) is 0 Å². The number of fused-ring (bicyclic) bond motifs is 1. The van der Waals surface area contributed by atoms with Crippen molar-refractivity contribution in [2.24, 2.45) is 4.99 Å². The van der Waals surface area contributed by atoms with Gasteiger partial charge < -0.3 is 9.64 Å². The Morgan fingerprint density at radius 1 is 1.24 bits per heavy atom. The van der Waals surface area contributed by atoms with Crippen LogP contribution >= 0.6 is 0 Å². The van der Waals surface area contributed by atoms with Gasteiger partial charge in [0.15, 0.2) is 0 Å². The Morgan fingerprint density at radius 3 is 2.88 bits per heavy atom. The van der Waals surface area contributed by atoms with Crippen molar-refractivity contribution in [3.63, 3.8) is 0 Å². The number of aliphatic imine (C=N–C) groups is 1. The molecule has 5 nitrogen and oxygen atoms in total. The maximum atomic E-state index is 11.2. The van der Waals surface area contributed by atoms with Gasteiger partial charge in [0.25, 0.3) is 11.9 Å². The molecule has 2 fully saturated rings. The van der Waals surface area contributed by atoms with E-state index in [1.165, 1.54) is 32.4 Å². The Kier molecular flexibility index (Phi) is 3.01. The van der Waals surface area contributed by atoms with Crippen LogP contribution in [0.5, 0.6) is 0 Å². The van der Waals surface area contributed by atoms with Crippen molar-refractivity contribution in [2.45, 2.75) is 31.8 Å². The van der Waals surface area contributed by atoms with E-state index >= 15 is 0 Å². The topological polar surface area (TPSA) is 45.1 Å². The number of likely N-dealkylation sites (tertiary alicyclic amines) is 1. The van der Waals surface area contributed by atoms with Crippen LogP contribution in [-0.2, 0) is 9.53 Å². The molecule has 3 aliphatic heterocycles. The summed E-state index contributed by atoms with van der Waals surface area (Å²) in [5.41, 5.74) is 0. The lowest BCUT2D eigenvalue weighted by atomic mass is 10.1. The summed E-state index contributed by atoms with van der Waals surface area (Å²) < 4.78 is 5.75. The van der Waals surface area contributed by atoms with Crippen molar-refractivity contribution < 1.29 is 9.53 Å². The molecule has 94 valence electrons. The second-order valence-electron chi connectivity index (χ2n) is 5.09. The largest absolute Gasteiger partial charge is 0.458 e. The molecule has 17 heavy (non-hydrogen) atoms. The van der Waals surface area contributed by atoms with Crippen LogP contribution in [0.4, 0.5) is 0 Å². The molecule has 1 amide bonds. The second kappa shape index (κ2) is 4.64. The van der Waals surface area contributed by atoms with E-state index in [2.05, 4.69) is 14.8 Å². The number of hydrogen-bond donors (Lipinski definition) is 0. The Labute approximate surface area is 101 Å². The Hall–Kier alpha value is -1.10. The number of amidine groups is 1. The van der Waals surface area contributed by atoms with E-state index in [9.17, 15) is 4.79 Å². The van der Waals surface area contributed by atoms with Gasteiger partial charge in [0.2, 0.25) is 0 Å². The van der Waals surface area contributed by atoms with Gasteiger partial charge in [-0.1, -0.05) is 6.42 Å². The Balaban J connectivity index is 1.56. The first-order valence-corrected chi connectivity index (χ1v) is 6.57. The van der Waals surface area contributed by atoms with Crippen molar-refractivity contribution in [2.75, 3.05) is 32.7 Å². The standard InChI is InChI=1S/C12H19N3O2/c16-11-4-7-15-9-10(17-12(15)13-11)8-14-5-2-1-3-6-14/h10H,1-9H2. The lowest BCUT2D eigenvalue weighted by Crippen LogP contribution is -2.38. The molecule has 1 atom stereocenters. The van der Waals surface area contributed by atoms with Gasteiger partial charge in [-0.2, -0.15) is 4.99 Å². The van der Waals surface area contributed by atoms with Crippen molar-refractivity contribution >= 4 is 11.9 Å². The third-order valence-electron chi connectivity index (χ3n) is 3.69. The summed E-state index contributed by atoms with van der Waals surface area (Å²) in [4.78, 5) is 19.7. The third kappa shape index (κ3) is 2.44. The van der Waals surface area contributed by atoms with E-state index in [1.807, 2.05) is 0 Å². The first-order chi connectivity index (χ1) is 8.31. The number of rotatable bonds is 2. The molecule has 3 rings (SSSR count). The maximum absolute atomic E-state index is 11.2. The molecule has 0 aliphatic carbocycles. The fourth-order valence-corrected chi connectivity index (χ4v) is 2.79. The minimum atomic E-state index is -0.0464. The zero-order valence-electron chi connectivity index (χ0n) is 10.1. The van der Waals surface area contributed by atoms with Crippen LogP contribution in [0.25, 0.3) is 0 Å². The summed E-state index contributed by atoms with van der Waals surface area (Å²) in [6, 6.07) is 0.559. The molecule has 2 saturated heterocycles. The zero-order valence-corrected chi connectivity index (χ0v) is 10.1. The van der Waals surface area contributed by atoms with Gasteiger partial charge in [0.05, 0.1) is 6.54 Å². The van der Waals surface area contributed by atoms with Crippen LogP contribution in [0, 0.1) is 0 Å². The molecule has 0 aromatic carbocycles. The van der Waals surface area contributed by atoms with E-state index < -0.39 is 0 Å². The minimum absolute atomic E-state index is 0.0464. The third-order valence-corrected chi connectivity index (χ3v) is 3.69. The van der Waals surface area contributed by atoms with Gasteiger partial charge in [-0.3, -0.25) is 9.69 Å². The summed E-state index contributed by atoms with van der Waals surface area (Å²) in [7, 11) is 0. The monoisotopic (exact) mass is 237 g/mol. The summed E-state index contributed by atoms with van der Waals surface area (Å²) >= 11 is 0. The first kappa shape index (κ1) is 11.0. The number of nitrogens with zero attached hydrogens (tertiary/aromatic N) is 3. The number of ether oxygens (including phenoxy) is 1. The number of carbonyl (C=O) groups excluding carboxylic acids is 1. The highest BCUT2D eigenvalue weighted by molar-refractivity contribution is 5.93. The van der Waals surface area contributed by atoms with Gasteiger partial charge >= 0.3 is 0 Å². The fraction of sp³-hybridized carbons (Fsp3) is 0.833. The average Bonchev–Trinajstić information content (AvgIpc) is 2.71. The van der Waals surface area contributed by atoms with E-state index in [0.717, 1.165) is 19.6 Å². The second-order valence-corrected chi connectivity index (χ2v) is 5.09. The number of amides is 1. The molecule has 0 spiro atoms. The molecule has 0 N–H and O–H groups in total. The van der Waals surface area contributed by atoms with Crippen molar-refractivity contribution in [1.82, 2.24) is 9.80 Å². The fourth-order valence-electron chi connectivity index (χ4n) is 2.79. The van der Waals surface area contributed by atoms with Gasteiger partial charge in [-0.25, -0.2) is 0 Å². The molecule has 5 heteroatoms. The van der Waals surface area contributed by atoms with Crippen molar-refractivity contribution in [1.29, 1.82) is 0 Å². The average molecular weight is 237 g/mol. The molecule has 0 bridgehead atoms. The molecule has 3 heterocycles. The molecule has 0 saturated carbocycles. The van der Waals surface area contributed by atoms with E-state index in [4.69, 9.17) is 4.74 Å². The van der Waals surface area contributed by atoms with Gasteiger partial charge in [-0.15, -0.1) is 0 Å². The molecule has 0 aromatic heterocycles. The first-order valence-electron chi connectivity index (χ1n) is 6.57. The summed E-state index contributed by atoms with van der Waals surface area (Å²) in [5, 5.41) is 0. The molecular weight excluding hydrogens is 218 g/mol. The molecule has 3 aliphatic rings. The zero-order chi connectivity index (χ0) is 11.7. The van der Waals surface area contributed by atoms with Crippen LogP contribution in [0.15, 0.2) is 4.99 Å². The highest BCUT2D eigenvalue weighted by Crippen LogP contribution is 2.18. The molecule has 0 aromatic rings. The Morgan fingerprint density at radius 2 is 2.06 bits per heavy atom. The number of hydrogen-bond acceptors (Lipinski definition) is 4. The SMILES string of the molecule is O=C1CCN2CC(CN3CCCCC3)OC2=N1. The highest BCUT2D eigenvalue weighted by atomic mass is 16.5. The van der Waals surface area contributed by atoms with E-state index in [0.29, 0.717) is 12.4 Å². The van der Waals surface area contributed by atoms with E-state index in [1.54, 1.807) is 0 Å². The van der Waals surface area contributed by atoms with Crippen LogP contribution in [0.1, 0.15) is 25.7 Å². The predicted molar refractivity (Wildman–Crippen MR) is 63.8 cm³/mol. The van der Waals surface area contributed by atoms with Gasteiger partial charge in [0.1, 0.15) is 6.10 Å². The van der Waals surface area contributed by atoms with Crippen LogP contribution in [0.2, 0.25) is 0 Å². The normalized spacial score (nSPS) is 29.9. The highest BCUT2D eigenvalue weighted by Gasteiger charge is 2.33. The van der Waals surface area contributed by atoms with Crippen molar-refractivity contribution in [3.05, 3.63) is 0 Å².